The van der Waals surface area contributed by atoms with Gasteiger partial charge in [0.1, 0.15) is 5.82 Å². The molecule has 15 heavy (non-hydrogen) atoms. The lowest BCUT2D eigenvalue weighted by Crippen LogP contribution is -2.28. The second-order valence-electron chi connectivity index (χ2n) is 4.91. The summed E-state index contributed by atoms with van der Waals surface area (Å²) < 4.78 is 13.4. The molecule has 0 heterocycles. The fourth-order valence-electron chi connectivity index (χ4n) is 2.07. The van der Waals surface area contributed by atoms with Gasteiger partial charge in [-0.1, -0.05) is 31.0 Å². The van der Waals surface area contributed by atoms with Gasteiger partial charge in [0.15, 0.2) is 0 Å². The maximum absolute atomic E-state index is 13.4. The quantitative estimate of drug-likeness (QED) is 0.806. The van der Waals surface area contributed by atoms with Crippen LogP contribution in [0.3, 0.4) is 0 Å². The van der Waals surface area contributed by atoms with Crippen LogP contribution in [-0.2, 0) is 6.42 Å². The van der Waals surface area contributed by atoms with E-state index in [0.717, 1.165) is 6.42 Å². The monoisotopic (exact) mass is 208 g/mol. The minimum Gasteiger partial charge on any atom is -0.390 e. The average molecular weight is 208 g/mol. The summed E-state index contributed by atoms with van der Waals surface area (Å²) in [5.41, 5.74) is -0.147. The zero-order chi connectivity index (χ0) is 10.9. The Hall–Kier alpha value is -0.890. The van der Waals surface area contributed by atoms with Crippen molar-refractivity contribution in [2.24, 2.45) is 5.92 Å². The fraction of sp³-hybridized carbons (Fsp3) is 0.538. The van der Waals surface area contributed by atoms with Crippen LogP contribution in [0.4, 0.5) is 4.39 Å². The molecule has 1 atom stereocenters. The van der Waals surface area contributed by atoms with Gasteiger partial charge >= 0.3 is 0 Å². The number of hydrogen-bond donors (Lipinski definition) is 1. The van der Waals surface area contributed by atoms with Crippen molar-refractivity contribution in [2.75, 3.05) is 0 Å². The highest BCUT2D eigenvalue weighted by atomic mass is 19.1. The molecule has 1 N–H and O–H groups in total. The van der Waals surface area contributed by atoms with Crippen molar-refractivity contribution in [3.8, 4) is 0 Å². The number of benzene rings is 1. The van der Waals surface area contributed by atoms with Crippen LogP contribution in [0.1, 0.15) is 31.7 Å². The van der Waals surface area contributed by atoms with E-state index in [0.29, 0.717) is 17.9 Å². The summed E-state index contributed by atoms with van der Waals surface area (Å²) in [7, 11) is 0. The number of hydrogen-bond acceptors (Lipinski definition) is 1. The highest BCUT2D eigenvalue weighted by Crippen LogP contribution is 2.37. The Labute approximate surface area is 89.9 Å². The van der Waals surface area contributed by atoms with Crippen LogP contribution < -0.4 is 0 Å². The summed E-state index contributed by atoms with van der Waals surface area (Å²) in [4.78, 5) is 0. The van der Waals surface area contributed by atoms with Crippen LogP contribution in [0.2, 0.25) is 0 Å². The van der Waals surface area contributed by atoms with E-state index in [1.165, 1.54) is 18.9 Å². The molecule has 1 aliphatic rings. The highest BCUT2D eigenvalue weighted by molar-refractivity contribution is 5.19. The molecule has 1 saturated carbocycles. The smallest absolute Gasteiger partial charge is 0.126 e. The lowest BCUT2D eigenvalue weighted by atomic mass is 9.91. The molecule has 0 radical (unpaired) electrons. The van der Waals surface area contributed by atoms with Gasteiger partial charge in [0.2, 0.25) is 0 Å². The Kier molecular flexibility index (Phi) is 2.79. The maximum Gasteiger partial charge on any atom is 0.126 e. The molecule has 0 saturated heterocycles. The second kappa shape index (κ2) is 3.93. The van der Waals surface area contributed by atoms with Crippen LogP contribution in [0.5, 0.6) is 0 Å². The van der Waals surface area contributed by atoms with Crippen LogP contribution in [0.25, 0.3) is 0 Å². The molecule has 2 rings (SSSR count). The van der Waals surface area contributed by atoms with Gasteiger partial charge in [-0.05, 0) is 30.9 Å². The van der Waals surface area contributed by atoms with E-state index in [2.05, 4.69) is 0 Å². The van der Waals surface area contributed by atoms with Crippen molar-refractivity contribution < 1.29 is 9.50 Å². The molecule has 1 aliphatic carbocycles. The van der Waals surface area contributed by atoms with E-state index in [-0.39, 0.29) is 5.82 Å². The molecule has 0 aliphatic heterocycles. The van der Waals surface area contributed by atoms with E-state index < -0.39 is 5.60 Å². The van der Waals surface area contributed by atoms with Gasteiger partial charge in [0, 0.05) is 6.42 Å². The van der Waals surface area contributed by atoms with Crippen LogP contribution >= 0.6 is 0 Å². The van der Waals surface area contributed by atoms with Crippen molar-refractivity contribution >= 4 is 0 Å². The molecule has 0 bridgehead atoms. The second-order valence-corrected chi connectivity index (χ2v) is 4.91. The van der Waals surface area contributed by atoms with Gasteiger partial charge in [-0.2, -0.15) is 0 Å². The van der Waals surface area contributed by atoms with Crippen LogP contribution in [0.15, 0.2) is 24.3 Å². The molecule has 2 heteroatoms. The minimum atomic E-state index is -0.761. The molecule has 1 nitrogen and oxygen atoms in total. The molecule has 1 unspecified atom stereocenters. The van der Waals surface area contributed by atoms with Gasteiger partial charge in [-0.15, -0.1) is 0 Å². The summed E-state index contributed by atoms with van der Waals surface area (Å²) in [6, 6.07) is 6.68. The Morgan fingerprint density at radius 2 is 2.07 bits per heavy atom. The summed E-state index contributed by atoms with van der Waals surface area (Å²) >= 11 is 0. The third-order valence-corrected chi connectivity index (χ3v) is 2.95. The first-order valence-electron chi connectivity index (χ1n) is 5.53. The van der Waals surface area contributed by atoms with E-state index in [1.54, 1.807) is 19.1 Å². The van der Waals surface area contributed by atoms with Gasteiger partial charge in [0.25, 0.3) is 0 Å². The first-order chi connectivity index (χ1) is 7.07. The summed E-state index contributed by atoms with van der Waals surface area (Å²) in [5.74, 6) is 0.445. The molecule has 1 aromatic rings. The third kappa shape index (κ3) is 3.03. The Balaban J connectivity index is 2.03. The van der Waals surface area contributed by atoms with Gasteiger partial charge in [0.05, 0.1) is 5.60 Å². The molecule has 1 fully saturated rings. The van der Waals surface area contributed by atoms with Crippen LogP contribution in [-0.4, -0.2) is 10.7 Å². The molecule has 82 valence electrons. The molecule has 1 aromatic carbocycles. The van der Waals surface area contributed by atoms with Crippen molar-refractivity contribution in [1.82, 2.24) is 0 Å². The predicted molar refractivity (Wildman–Crippen MR) is 58.1 cm³/mol. The Morgan fingerprint density at radius 3 is 2.67 bits per heavy atom. The molecule has 0 amide bonds. The normalized spacial score (nSPS) is 19.9. The predicted octanol–water partition coefficient (Wildman–Crippen LogP) is 2.92. The van der Waals surface area contributed by atoms with E-state index in [9.17, 15) is 9.50 Å². The molecule has 0 spiro atoms. The van der Waals surface area contributed by atoms with E-state index >= 15 is 0 Å². The van der Waals surface area contributed by atoms with Gasteiger partial charge in [-0.25, -0.2) is 4.39 Å². The standard InChI is InChI=1S/C13H17FO/c1-13(15,8-10-6-7-10)9-11-4-2-3-5-12(11)14/h2-5,10,15H,6-9H2,1H3. The molecule has 0 aromatic heterocycles. The third-order valence-electron chi connectivity index (χ3n) is 2.95. The zero-order valence-corrected chi connectivity index (χ0v) is 9.04. The summed E-state index contributed by atoms with van der Waals surface area (Å²) in [5, 5.41) is 10.1. The summed E-state index contributed by atoms with van der Waals surface area (Å²) in [6.45, 7) is 1.80. The van der Waals surface area contributed by atoms with Crippen molar-refractivity contribution in [2.45, 2.75) is 38.2 Å². The Morgan fingerprint density at radius 1 is 1.40 bits per heavy atom. The largest absolute Gasteiger partial charge is 0.390 e. The average Bonchev–Trinajstić information content (AvgIpc) is 2.91. The van der Waals surface area contributed by atoms with Gasteiger partial charge < -0.3 is 5.11 Å². The van der Waals surface area contributed by atoms with Crippen molar-refractivity contribution in [1.29, 1.82) is 0 Å². The lowest BCUT2D eigenvalue weighted by Gasteiger charge is -2.23. The topological polar surface area (TPSA) is 20.2 Å². The SMILES string of the molecule is CC(O)(Cc1ccccc1F)CC1CC1. The van der Waals surface area contributed by atoms with Crippen LogP contribution in [0, 0.1) is 11.7 Å². The lowest BCUT2D eigenvalue weighted by molar-refractivity contribution is 0.0447. The first-order valence-corrected chi connectivity index (χ1v) is 5.53. The van der Waals surface area contributed by atoms with E-state index in [4.69, 9.17) is 0 Å². The highest BCUT2D eigenvalue weighted by Gasteiger charge is 2.32. The maximum atomic E-state index is 13.4. The summed E-state index contributed by atoms with van der Waals surface area (Å²) in [6.07, 6.45) is 3.64. The minimum absolute atomic E-state index is 0.214. The fourth-order valence-corrected chi connectivity index (χ4v) is 2.07. The number of aliphatic hydroxyl groups is 1. The first kappa shape index (κ1) is 10.6. The van der Waals surface area contributed by atoms with Crippen molar-refractivity contribution in [3.05, 3.63) is 35.6 Å². The number of rotatable bonds is 4. The molecular weight excluding hydrogens is 191 g/mol. The zero-order valence-electron chi connectivity index (χ0n) is 9.04. The van der Waals surface area contributed by atoms with Crippen molar-refractivity contribution in [3.63, 3.8) is 0 Å². The molecular formula is C13H17FO. The number of halogens is 1. The Bertz CT molecular complexity index is 342. The van der Waals surface area contributed by atoms with E-state index in [1.807, 2.05) is 6.07 Å². The van der Waals surface area contributed by atoms with Gasteiger partial charge in [-0.3, -0.25) is 0 Å².